The first kappa shape index (κ1) is 43.7. The molecule has 8 atom stereocenters. The smallest absolute Gasteiger partial charge is 0.408 e. The van der Waals surface area contributed by atoms with Crippen LogP contribution in [0, 0.1) is 34.5 Å². The Bertz CT molecular complexity index is 1390. The van der Waals surface area contributed by atoms with Gasteiger partial charge in [0.15, 0.2) is 0 Å². The van der Waals surface area contributed by atoms with Gasteiger partial charge in [0.25, 0.3) is 0 Å². The fourth-order valence-corrected chi connectivity index (χ4v) is 8.10. The van der Waals surface area contributed by atoms with Gasteiger partial charge in [0.2, 0.25) is 11.8 Å². The summed E-state index contributed by atoms with van der Waals surface area (Å²) in [5.41, 5.74) is -1.49. The number of hydrogen-bond donors (Lipinski definition) is 5. The topological polar surface area (TPSA) is 221 Å². The number of aliphatic hydroxyl groups is 2. The first-order chi connectivity index (χ1) is 24.3. The number of carbonyl (C=O) groups is 6. The van der Waals surface area contributed by atoms with E-state index < -0.39 is 65.4 Å². The highest BCUT2D eigenvalue weighted by Crippen LogP contribution is 2.65. The third-order valence-corrected chi connectivity index (χ3v) is 11.0. The van der Waals surface area contributed by atoms with Gasteiger partial charge in [-0.15, -0.1) is 0 Å². The number of methoxy groups -OCH3 is 1. The van der Waals surface area contributed by atoms with Crippen molar-refractivity contribution in [3.05, 3.63) is 0 Å². The summed E-state index contributed by atoms with van der Waals surface area (Å²) in [5.74, 6) is -1.82. The molecule has 2 saturated carbocycles. The molecular formula is C37H62N4O12. The summed E-state index contributed by atoms with van der Waals surface area (Å²) in [6.45, 7) is 19.2. The Morgan fingerprint density at radius 1 is 0.698 bits per heavy atom. The van der Waals surface area contributed by atoms with Gasteiger partial charge in [0, 0.05) is 38.1 Å². The van der Waals surface area contributed by atoms with Gasteiger partial charge in [-0.3, -0.25) is 9.59 Å². The summed E-state index contributed by atoms with van der Waals surface area (Å²) >= 11 is 0. The number of rotatable bonds is 12. The lowest BCUT2D eigenvalue weighted by atomic mass is 10.00. The van der Waals surface area contributed by atoms with Crippen LogP contribution in [0.1, 0.15) is 94.9 Å². The third-order valence-electron chi connectivity index (χ3n) is 11.0. The minimum atomic E-state index is -1.02. The summed E-state index contributed by atoms with van der Waals surface area (Å²) in [4.78, 5) is 77.2. The van der Waals surface area contributed by atoms with E-state index in [1.165, 1.54) is 16.9 Å². The van der Waals surface area contributed by atoms with Crippen molar-refractivity contribution in [2.45, 2.75) is 130 Å². The molecule has 0 spiro atoms. The zero-order chi connectivity index (χ0) is 40.4. The van der Waals surface area contributed by atoms with Crippen LogP contribution in [0.5, 0.6) is 0 Å². The van der Waals surface area contributed by atoms with Crippen molar-refractivity contribution in [2.75, 3.05) is 33.4 Å². The summed E-state index contributed by atoms with van der Waals surface area (Å²) in [6.07, 6.45) is -0.283. The van der Waals surface area contributed by atoms with Gasteiger partial charge >= 0.3 is 24.1 Å². The van der Waals surface area contributed by atoms with Crippen molar-refractivity contribution in [1.82, 2.24) is 20.4 Å². The number of carboxylic acid groups (broad SMARTS) is 1. The molecule has 4 amide bonds. The normalized spacial score (nSPS) is 27.1. The predicted octanol–water partition coefficient (Wildman–Crippen LogP) is 2.53. The quantitative estimate of drug-likeness (QED) is 0.143. The number of carboxylic acids is 1. The number of piperidine rings is 2. The summed E-state index contributed by atoms with van der Waals surface area (Å²) < 4.78 is 15.4. The SMILES string of the molecule is CC(C)(C)OC(=O)N[C@@H](CCCO)C(=O)N1C[C@H]2[C@@H]([C@H]1C(=O)O)C2(C)C.COC(=O)[C@@H]1[C@@H]2[C@H](CN1C(=O)[C@H](CCCO)NC(=O)OC(C)(C)C)C2(C)C. The molecule has 0 aromatic rings. The molecule has 0 aromatic carbocycles. The minimum Gasteiger partial charge on any atom is -0.480 e. The Kier molecular flexibility index (Phi) is 13.5. The van der Waals surface area contributed by atoms with E-state index in [1.807, 2.05) is 13.8 Å². The van der Waals surface area contributed by atoms with Crippen LogP contribution >= 0.6 is 0 Å². The van der Waals surface area contributed by atoms with Gasteiger partial charge in [-0.05, 0) is 89.9 Å². The Morgan fingerprint density at radius 2 is 1.06 bits per heavy atom. The van der Waals surface area contributed by atoms with Crippen LogP contribution in [0.25, 0.3) is 0 Å². The average Bonchev–Trinajstić information content (AvgIpc) is 3.51. The molecule has 53 heavy (non-hydrogen) atoms. The maximum absolute atomic E-state index is 13.1. The summed E-state index contributed by atoms with van der Waals surface area (Å²) in [5, 5.41) is 33.0. The number of aliphatic carboxylic acids is 1. The average molecular weight is 755 g/mol. The van der Waals surface area contributed by atoms with Crippen molar-refractivity contribution in [3.63, 3.8) is 0 Å². The molecule has 302 valence electrons. The Morgan fingerprint density at radius 3 is 1.38 bits per heavy atom. The first-order valence-corrected chi connectivity index (χ1v) is 18.5. The van der Waals surface area contributed by atoms with Crippen molar-refractivity contribution in [1.29, 1.82) is 0 Å². The fourth-order valence-electron chi connectivity index (χ4n) is 8.10. The van der Waals surface area contributed by atoms with E-state index in [4.69, 9.17) is 24.4 Å². The lowest BCUT2D eigenvalue weighted by molar-refractivity contribution is -0.153. The molecule has 4 rings (SSSR count). The van der Waals surface area contributed by atoms with Crippen LogP contribution in [0.15, 0.2) is 0 Å². The lowest BCUT2D eigenvalue weighted by Gasteiger charge is -2.32. The number of fused-ring (bicyclic) bond motifs is 2. The number of nitrogens with one attached hydrogen (secondary N) is 2. The molecule has 16 heteroatoms. The third kappa shape index (κ3) is 10.3. The van der Waals surface area contributed by atoms with Crippen LogP contribution in [0.2, 0.25) is 0 Å². The molecule has 0 unspecified atom stereocenters. The van der Waals surface area contributed by atoms with Gasteiger partial charge in [-0.2, -0.15) is 0 Å². The molecule has 2 heterocycles. The van der Waals surface area contributed by atoms with Gasteiger partial charge in [-0.25, -0.2) is 19.2 Å². The number of hydrogen-bond acceptors (Lipinski definition) is 11. The molecule has 2 saturated heterocycles. The van der Waals surface area contributed by atoms with Crippen LogP contribution in [0.3, 0.4) is 0 Å². The largest absolute Gasteiger partial charge is 0.480 e. The molecule has 0 radical (unpaired) electrons. The van der Waals surface area contributed by atoms with E-state index in [9.17, 15) is 33.9 Å². The van der Waals surface area contributed by atoms with Crippen molar-refractivity contribution < 1.29 is 58.3 Å². The van der Waals surface area contributed by atoms with Crippen molar-refractivity contribution >= 4 is 35.9 Å². The van der Waals surface area contributed by atoms with Crippen LogP contribution in [0.4, 0.5) is 9.59 Å². The minimum absolute atomic E-state index is 0.00513. The monoisotopic (exact) mass is 754 g/mol. The summed E-state index contributed by atoms with van der Waals surface area (Å²) in [7, 11) is 1.32. The molecule has 2 aliphatic heterocycles. The predicted molar refractivity (Wildman–Crippen MR) is 191 cm³/mol. The number of ether oxygens (including phenoxy) is 3. The fraction of sp³-hybridized carbons (Fsp3) is 0.838. The molecular weight excluding hydrogens is 692 g/mol. The number of nitrogens with zero attached hydrogens (tertiary/aromatic N) is 2. The standard InChI is InChI=1S/C19H32N2O6.C18H30N2O6/c1-18(2,3)27-17(25)20-12(8-7-9-22)15(23)21-10-11-13(19(11,4)5)14(21)16(24)26-6;1-17(2,3)26-16(25)19-11(7-6-8-21)14(22)20-9-10-12(18(10,4)5)13(20)15(23)24/h11-14,22H,7-10H2,1-6H3,(H,20,25);10-13,21H,6-9H2,1-5H3,(H,19,25)(H,23,24)/t11-,12-,13-,14-;10-,11-,12-,13-/m00/s1. The lowest BCUT2D eigenvalue weighted by Crippen LogP contribution is -2.54. The Hall–Kier alpha value is -3.66. The highest BCUT2D eigenvalue weighted by atomic mass is 16.6. The number of esters is 1. The van der Waals surface area contributed by atoms with Crippen LogP contribution in [-0.4, -0.2) is 130 Å². The number of carbonyl (C=O) groups excluding carboxylic acids is 5. The summed E-state index contributed by atoms with van der Waals surface area (Å²) in [6, 6.07) is -3.29. The van der Waals surface area contributed by atoms with Gasteiger partial charge in [-0.1, -0.05) is 27.7 Å². The second kappa shape index (κ2) is 16.4. The number of alkyl carbamates (subject to hydrolysis) is 2. The second-order valence-electron chi connectivity index (χ2n) is 17.8. The van der Waals surface area contributed by atoms with E-state index in [0.29, 0.717) is 25.9 Å². The number of amides is 4. The van der Waals surface area contributed by atoms with E-state index in [1.54, 1.807) is 41.5 Å². The molecule has 0 bridgehead atoms. The van der Waals surface area contributed by atoms with E-state index >= 15 is 0 Å². The Labute approximate surface area is 312 Å². The Balaban J connectivity index is 0.000000286. The van der Waals surface area contributed by atoms with Gasteiger partial charge < -0.3 is 50.0 Å². The number of likely N-dealkylation sites (tertiary alicyclic amines) is 2. The second-order valence-corrected chi connectivity index (χ2v) is 17.8. The number of aliphatic hydroxyl groups excluding tert-OH is 2. The maximum atomic E-state index is 13.1. The molecule has 4 fully saturated rings. The van der Waals surface area contributed by atoms with Crippen molar-refractivity contribution in [3.8, 4) is 0 Å². The molecule has 0 aromatic heterocycles. The van der Waals surface area contributed by atoms with E-state index in [2.05, 4.69) is 24.5 Å². The molecule has 2 aliphatic carbocycles. The first-order valence-electron chi connectivity index (χ1n) is 18.5. The highest BCUT2D eigenvalue weighted by molar-refractivity contribution is 5.92. The zero-order valence-electron chi connectivity index (χ0n) is 33.2. The van der Waals surface area contributed by atoms with Gasteiger partial charge in [0.1, 0.15) is 35.4 Å². The van der Waals surface area contributed by atoms with Crippen LogP contribution < -0.4 is 10.6 Å². The van der Waals surface area contributed by atoms with E-state index in [-0.39, 0.29) is 66.5 Å². The molecule has 4 aliphatic rings. The zero-order valence-corrected chi connectivity index (χ0v) is 33.2. The van der Waals surface area contributed by atoms with Crippen molar-refractivity contribution in [2.24, 2.45) is 34.5 Å². The molecule has 16 nitrogen and oxygen atoms in total. The van der Waals surface area contributed by atoms with E-state index in [0.717, 1.165) is 0 Å². The molecule has 5 N–H and O–H groups in total. The highest BCUT2D eigenvalue weighted by Gasteiger charge is 2.71. The van der Waals surface area contributed by atoms with Gasteiger partial charge in [0.05, 0.1) is 7.11 Å². The maximum Gasteiger partial charge on any atom is 0.408 e. The van der Waals surface area contributed by atoms with Crippen LogP contribution in [-0.2, 0) is 33.4 Å².